The summed E-state index contributed by atoms with van der Waals surface area (Å²) in [6.07, 6.45) is 1.30. The van der Waals surface area contributed by atoms with Crippen LogP contribution < -0.4 is 0 Å². The van der Waals surface area contributed by atoms with Crippen molar-refractivity contribution in [3.05, 3.63) is 58.0 Å². The Morgan fingerprint density at radius 3 is 2.39 bits per heavy atom. The van der Waals surface area contributed by atoms with E-state index in [2.05, 4.69) is 15.9 Å². The number of hydrogen-bond acceptors (Lipinski definition) is 3. The van der Waals surface area contributed by atoms with E-state index >= 15 is 0 Å². The Morgan fingerprint density at radius 1 is 1.11 bits per heavy atom. The van der Waals surface area contributed by atoms with Crippen LogP contribution in [0.5, 0.6) is 0 Å². The van der Waals surface area contributed by atoms with E-state index in [-0.39, 0.29) is 18.0 Å². The van der Waals surface area contributed by atoms with Crippen molar-refractivity contribution in [3.8, 4) is 0 Å². The normalized spacial score (nSPS) is 10.3. The lowest BCUT2D eigenvalue weighted by atomic mass is 10.0. The third kappa shape index (κ3) is 2.59. The van der Waals surface area contributed by atoms with Crippen molar-refractivity contribution in [1.82, 2.24) is 0 Å². The summed E-state index contributed by atoms with van der Waals surface area (Å²) in [4.78, 5) is 23.9. The summed E-state index contributed by atoms with van der Waals surface area (Å²) in [5, 5.41) is 0. The van der Waals surface area contributed by atoms with Gasteiger partial charge in [0.25, 0.3) is 0 Å². The highest BCUT2D eigenvalue weighted by molar-refractivity contribution is 9.10. The Hall–Kier alpha value is -1.68. The summed E-state index contributed by atoms with van der Waals surface area (Å²) >= 11 is 3.30. The Morgan fingerprint density at radius 2 is 1.78 bits per heavy atom. The van der Waals surface area contributed by atoms with Gasteiger partial charge in [-0.25, -0.2) is 0 Å². The van der Waals surface area contributed by atoms with Crippen molar-refractivity contribution in [2.45, 2.75) is 13.3 Å². The SMILES string of the molecule is Cc1occc1C(=O)CC(=O)c1ccccc1Br. The molecule has 18 heavy (non-hydrogen) atoms. The van der Waals surface area contributed by atoms with Crippen LogP contribution in [0.2, 0.25) is 0 Å². The number of Topliss-reactive ketones (excluding diaryl/α,β-unsaturated/α-hetero) is 2. The molecule has 0 aliphatic rings. The van der Waals surface area contributed by atoms with Gasteiger partial charge in [-0.1, -0.05) is 34.1 Å². The van der Waals surface area contributed by atoms with E-state index in [0.717, 1.165) is 0 Å². The highest BCUT2D eigenvalue weighted by Gasteiger charge is 2.18. The minimum absolute atomic E-state index is 0.150. The molecule has 0 aliphatic carbocycles. The average Bonchev–Trinajstić information content (AvgIpc) is 2.76. The van der Waals surface area contributed by atoms with Crippen LogP contribution in [0, 0.1) is 6.92 Å². The van der Waals surface area contributed by atoms with E-state index in [9.17, 15) is 9.59 Å². The molecule has 0 fully saturated rings. The fourth-order valence-corrected chi connectivity index (χ4v) is 2.20. The third-order valence-corrected chi connectivity index (χ3v) is 3.35. The Balaban J connectivity index is 2.16. The van der Waals surface area contributed by atoms with E-state index in [0.29, 0.717) is 21.4 Å². The second kappa shape index (κ2) is 5.31. The summed E-state index contributed by atoms with van der Waals surface area (Å²) < 4.78 is 5.76. The van der Waals surface area contributed by atoms with Gasteiger partial charge in [0.1, 0.15) is 5.76 Å². The van der Waals surface area contributed by atoms with Crippen LogP contribution in [0.1, 0.15) is 32.9 Å². The molecule has 0 radical (unpaired) electrons. The van der Waals surface area contributed by atoms with Crippen molar-refractivity contribution >= 4 is 27.5 Å². The number of carbonyl (C=O) groups excluding carboxylic acids is 2. The number of carbonyl (C=O) groups is 2. The molecule has 0 N–H and O–H groups in total. The van der Waals surface area contributed by atoms with Crippen LogP contribution in [0.25, 0.3) is 0 Å². The van der Waals surface area contributed by atoms with Crippen molar-refractivity contribution < 1.29 is 14.0 Å². The number of benzene rings is 1. The van der Waals surface area contributed by atoms with E-state index in [1.165, 1.54) is 6.26 Å². The lowest BCUT2D eigenvalue weighted by molar-refractivity contribution is 0.0893. The fourth-order valence-electron chi connectivity index (χ4n) is 1.70. The molecule has 0 amide bonds. The molecule has 2 aromatic rings. The zero-order valence-corrected chi connectivity index (χ0v) is 11.4. The highest BCUT2D eigenvalue weighted by Crippen LogP contribution is 2.19. The number of halogens is 1. The van der Waals surface area contributed by atoms with Crippen LogP contribution in [0.3, 0.4) is 0 Å². The van der Waals surface area contributed by atoms with Crippen molar-refractivity contribution in [2.75, 3.05) is 0 Å². The molecule has 92 valence electrons. The molecule has 3 nitrogen and oxygen atoms in total. The number of hydrogen-bond donors (Lipinski definition) is 0. The maximum Gasteiger partial charge on any atom is 0.174 e. The third-order valence-electron chi connectivity index (χ3n) is 2.65. The Bertz CT molecular complexity index is 599. The first kappa shape index (κ1) is 12.8. The summed E-state index contributed by atoms with van der Waals surface area (Å²) in [5.74, 6) is 0.120. The minimum atomic E-state index is -0.220. The molecule has 1 aromatic heterocycles. The fraction of sp³-hybridized carbons (Fsp3) is 0.143. The maximum absolute atomic E-state index is 12.0. The molecular formula is C14H11BrO3. The van der Waals surface area contributed by atoms with Gasteiger partial charge >= 0.3 is 0 Å². The summed E-state index contributed by atoms with van der Waals surface area (Å²) in [6.45, 7) is 1.70. The first-order valence-electron chi connectivity index (χ1n) is 5.44. The van der Waals surface area contributed by atoms with Crippen LogP contribution in [-0.4, -0.2) is 11.6 Å². The van der Waals surface area contributed by atoms with Gasteiger partial charge in [-0.05, 0) is 19.1 Å². The van der Waals surface area contributed by atoms with Gasteiger partial charge in [0.05, 0.1) is 18.2 Å². The summed E-state index contributed by atoms with van der Waals surface area (Å²) in [5.41, 5.74) is 0.988. The van der Waals surface area contributed by atoms with Crippen molar-refractivity contribution in [3.63, 3.8) is 0 Å². The quantitative estimate of drug-likeness (QED) is 0.637. The van der Waals surface area contributed by atoms with Gasteiger partial charge in [0, 0.05) is 10.0 Å². The number of ketones is 2. The van der Waals surface area contributed by atoms with Crippen LogP contribution in [0.15, 0.2) is 45.5 Å². The molecule has 0 saturated carbocycles. The Kier molecular flexibility index (Phi) is 3.77. The molecule has 0 spiro atoms. The lowest BCUT2D eigenvalue weighted by Gasteiger charge is -2.02. The van der Waals surface area contributed by atoms with E-state index in [4.69, 9.17) is 4.42 Å². The zero-order chi connectivity index (χ0) is 13.1. The lowest BCUT2D eigenvalue weighted by Crippen LogP contribution is -2.09. The van der Waals surface area contributed by atoms with Crippen molar-refractivity contribution in [2.24, 2.45) is 0 Å². The maximum atomic E-state index is 12.0. The van der Waals surface area contributed by atoms with Gasteiger partial charge in [-0.2, -0.15) is 0 Å². The molecule has 0 unspecified atom stereocenters. The van der Waals surface area contributed by atoms with E-state index in [1.54, 1.807) is 31.2 Å². The first-order valence-corrected chi connectivity index (χ1v) is 6.24. The van der Waals surface area contributed by atoms with Gasteiger partial charge in [0.15, 0.2) is 11.6 Å². The van der Waals surface area contributed by atoms with E-state index in [1.807, 2.05) is 6.07 Å². The minimum Gasteiger partial charge on any atom is -0.469 e. The number of furan rings is 1. The second-order valence-corrected chi connectivity index (χ2v) is 4.75. The van der Waals surface area contributed by atoms with Gasteiger partial charge < -0.3 is 4.42 Å². The summed E-state index contributed by atoms with van der Waals surface area (Å²) in [6, 6.07) is 8.65. The molecule has 0 atom stereocenters. The molecular weight excluding hydrogens is 296 g/mol. The molecule has 0 saturated heterocycles. The predicted molar refractivity (Wildman–Crippen MR) is 70.9 cm³/mol. The second-order valence-electron chi connectivity index (χ2n) is 3.89. The molecule has 2 rings (SSSR count). The smallest absolute Gasteiger partial charge is 0.174 e. The Labute approximate surface area is 113 Å². The monoisotopic (exact) mass is 306 g/mol. The zero-order valence-electron chi connectivity index (χ0n) is 9.77. The van der Waals surface area contributed by atoms with Gasteiger partial charge in [0.2, 0.25) is 0 Å². The topological polar surface area (TPSA) is 47.3 Å². The molecule has 1 heterocycles. The van der Waals surface area contributed by atoms with Crippen LogP contribution in [0.4, 0.5) is 0 Å². The van der Waals surface area contributed by atoms with Gasteiger partial charge in [-0.3, -0.25) is 9.59 Å². The van der Waals surface area contributed by atoms with E-state index < -0.39 is 0 Å². The van der Waals surface area contributed by atoms with Crippen LogP contribution >= 0.6 is 15.9 Å². The molecule has 0 aliphatic heterocycles. The van der Waals surface area contributed by atoms with Crippen molar-refractivity contribution in [1.29, 1.82) is 0 Å². The standard InChI is InChI=1S/C14H11BrO3/c1-9-10(6-7-18-9)13(16)8-14(17)11-4-2-3-5-12(11)15/h2-7H,8H2,1H3. The summed E-state index contributed by atoms with van der Waals surface area (Å²) in [7, 11) is 0. The van der Waals surface area contributed by atoms with Gasteiger partial charge in [-0.15, -0.1) is 0 Å². The number of aryl methyl sites for hydroxylation is 1. The highest BCUT2D eigenvalue weighted by atomic mass is 79.9. The molecule has 0 bridgehead atoms. The molecule has 1 aromatic carbocycles. The van der Waals surface area contributed by atoms with Crippen LogP contribution in [-0.2, 0) is 0 Å². The first-order chi connectivity index (χ1) is 8.59. The number of rotatable bonds is 4. The predicted octanol–water partition coefficient (Wildman–Crippen LogP) is 3.81. The average molecular weight is 307 g/mol. The largest absolute Gasteiger partial charge is 0.469 e. The molecule has 4 heteroatoms.